The van der Waals surface area contributed by atoms with Crippen molar-refractivity contribution in [2.24, 2.45) is 23.2 Å². The van der Waals surface area contributed by atoms with Gasteiger partial charge in [-0.3, -0.25) is 4.79 Å². The number of hydrogen-bond donors (Lipinski definition) is 1. The van der Waals surface area contributed by atoms with Gasteiger partial charge in [0.15, 0.2) is 11.6 Å². The minimum atomic E-state index is -0.868. The van der Waals surface area contributed by atoms with Gasteiger partial charge < -0.3 is 5.32 Å². The molecule has 2 nitrogen and oxygen atoms in total. The third kappa shape index (κ3) is 3.44. The van der Waals surface area contributed by atoms with E-state index in [-0.39, 0.29) is 23.1 Å². The number of hydrogen-bond acceptors (Lipinski definition) is 2. The molecule has 1 aromatic rings. The van der Waals surface area contributed by atoms with Gasteiger partial charge in [-0.25, -0.2) is 8.78 Å². The van der Waals surface area contributed by atoms with E-state index in [1.807, 2.05) is 0 Å². The Balaban J connectivity index is 1.34. The zero-order valence-electron chi connectivity index (χ0n) is 14.6. The lowest BCUT2D eigenvalue weighted by Crippen LogP contribution is -2.56. The van der Waals surface area contributed by atoms with Gasteiger partial charge in [0, 0.05) is 10.9 Å². The van der Waals surface area contributed by atoms with Crippen molar-refractivity contribution in [2.45, 2.75) is 56.4 Å². The summed E-state index contributed by atoms with van der Waals surface area (Å²) in [7, 11) is 0. The van der Waals surface area contributed by atoms with Crippen molar-refractivity contribution < 1.29 is 13.6 Å². The Hall–Kier alpha value is -1.10. The highest BCUT2D eigenvalue weighted by Crippen LogP contribution is 2.61. The molecule has 0 radical (unpaired) electrons. The van der Waals surface area contributed by atoms with E-state index in [0.29, 0.717) is 4.90 Å². The summed E-state index contributed by atoms with van der Waals surface area (Å²) < 4.78 is 26.2. The number of amides is 1. The molecule has 0 unspecified atom stereocenters. The number of carbonyl (C=O) groups is 1. The predicted octanol–water partition coefficient (Wildman–Crippen LogP) is 4.78. The molecule has 4 bridgehead atoms. The summed E-state index contributed by atoms with van der Waals surface area (Å²) in [6.45, 7) is 2.16. The Morgan fingerprint density at radius 1 is 1.16 bits per heavy atom. The van der Waals surface area contributed by atoms with Gasteiger partial charge in [-0.15, -0.1) is 11.8 Å². The van der Waals surface area contributed by atoms with E-state index >= 15 is 0 Å². The van der Waals surface area contributed by atoms with E-state index < -0.39 is 11.6 Å². The highest BCUT2D eigenvalue weighted by molar-refractivity contribution is 8.00. The van der Waals surface area contributed by atoms with Crippen LogP contribution in [0.25, 0.3) is 0 Å². The second kappa shape index (κ2) is 6.57. The van der Waals surface area contributed by atoms with Crippen LogP contribution >= 0.6 is 11.8 Å². The zero-order valence-corrected chi connectivity index (χ0v) is 15.4. The largest absolute Gasteiger partial charge is 0.352 e. The monoisotopic (exact) mass is 365 g/mol. The number of benzene rings is 1. The van der Waals surface area contributed by atoms with Gasteiger partial charge in [0.25, 0.3) is 0 Å². The van der Waals surface area contributed by atoms with Crippen molar-refractivity contribution in [2.75, 3.05) is 5.75 Å². The summed E-state index contributed by atoms with van der Waals surface area (Å²) in [4.78, 5) is 13.0. The molecule has 0 saturated heterocycles. The lowest BCUT2D eigenvalue weighted by molar-refractivity contribution is -0.123. The molecule has 1 atom stereocenters. The van der Waals surface area contributed by atoms with Gasteiger partial charge in [0.05, 0.1) is 5.75 Å². The average Bonchev–Trinajstić information content (AvgIpc) is 2.54. The molecule has 0 aliphatic heterocycles. The van der Waals surface area contributed by atoms with E-state index in [0.717, 1.165) is 29.9 Å². The first kappa shape index (κ1) is 17.3. The van der Waals surface area contributed by atoms with Crippen LogP contribution in [0.3, 0.4) is 0 Å². The minimum Gasteiger partial charge on any atom is -0.352 e. The molecule has 0 spiro atoms. The number of rotatable bonds is 5. The molecular formula is C20H25F2NOS. The first-order chi connectivity index (χ1) is 11.9. The highest BCUT2D eigenvalue weighted by atomic mass is 32.2. The van der Waals surface area contributed by atoms with Gasteiger partial charge in [-0.1, -0.05) is 0 Å². The molecular weight excluding hydrogens is 340 g/mol. The average molecular weight is 365 g/mol. The minimum absolute atomic E-state index is 0.0158. The Morgan fingerprint density at radius 2 is 1.76 bits per heavy atom. The number of nitrogens with one attached hydrogen (secondary N) is 1. The molecule has 136 valence electrons. The van der Waals surface area contributed by atoms with Crippen LogP contribution in [0, 0.1) is 34.8 Å². The lowest BCUT2D eigenvalue weighted by atomic mass is 9.48. The highest BCUT2D eigenvalue weighted by Gasteiger charge is 2.53. The Bertz CT molecular complexity index is 642. The first-order valence-electron chi connectivity index (χ1n) is 9.31. The maximum atomic E-state index is 13.2. The second-order valence-electron chi connectivity index (χ2n) is 8.43. The number of thioether (sulfide) groups is 1. The van der Waals surface area contributed by atoms with Crippen LogP contribution in [0.4, 0.5) is 8.78 Å². The smallest absolute Gasteiger partial charge is 0.230 e. The molecule has 0 heterocycles. The fourth-order valence-electron chi connectivity index (χ4n) is 5.86. The quantitative estimate of drug-likeness (QED) is 0.761. The maximum absolute atomic E-state index is 13.2. The molecule has 5 rings (SSSR count). The van der Waals surface area contributed by atoms with E-state index in [9.17, 15) is 13.6 Å². The third-order valence-corrected chi connectivity index (χ3v) is 7.64. The topological polar surface area (TPSA) is 29.1 Å². The fourth-order valence-corrected chi connectivity index (χ4v) is 6.59. The van der Waals surface area contributed by atoms with Gasteiger partial charge >= 0.3 is 0 Å². The van der Waals surface area contributed by atoms with Gasteiger partial charge in [-0.05, 0) is 86.8 Å². The number of carbonyl (C=O) groups excluding carboxylic acids is 1. The van der Waals surface area contributed by atoms with Crippen LogP contribution in [0.1, 0.15) is 45.4 Å². The van der Waals surface area contributed by atoms with E-state index in [4.69, 9.17) is 0 Å². The SMILES string of the molecule is C[C@H](NC(=O)CSc1ccc(F)c(F)c1)C12CC3CC(CC(C3)C1)C2. The standard InChI is InChI=1S/C20H25F2NOS/c1-12(20-8-13-4-14(9-20)6-15(5-13)10-20)23-19(24)11-25-16-2-3-17(21)18(22)7-16/h2-3,7,12-15H,4-6,8-11H2,1H3,(H,23,24)/t12-,13?,14?,15?,20?/m0/s1. The second-order valence-corrected chi connectivity index (χ2v) is 9.48. The third-order valence-electron chi connectivity index (χ3n) is 6.64. The van der Waals surface area contributed by atoms with Crippen molar-refractivity contribution in [1.82, 2.24) is 5.32 Å². The molecule has 1 amide bonds. The molecule has 4 aliphatic rings. The molecule has 25 heavy (non-hydrogen) atoms. The van der Waals surface area contributed by atoms with Crippen LogP contribution in [0.5, 0.6) is 0 Å². The van der Waals surface area contributed by atoms with Crippen molar-refractivity contribution in [1.29, 1.82) is 0 Å². The summed E-state index contributed by atoms with van der Waals surface area (Å²) in [5.41, 5.74) is 0.289. The Labute approximate surface area is 152 Å². The molecule has 1 aromatic carbocycles. The van der Waals surface area contributed by atoms with Gasteiger partial charge in [0.1, 0.15) is 0 Å². The van der Waals surface area contributed by atoms with Crippen LogP contribution in [-0.2, 0) is 4.79 Å². The van der Waals surface area contributed by atoms with Crippen LogP contribution < -0.4 is 5.32 Å². The van der Waals surface area contributed by atoms with Crippen LogP contribution in [0.15, 0.2) is 23.1 Å². The molecule has 1 N–H and O–H groups in total. The van der Waals surface area contributed by atoms with Gasteiger partial charge in [0.2, 0.25) is 5.91 Å². The Kier molecular flexibility index (Phi) is 4.55. The molecule has 4 aliphatic carbocycles. The van der Waals surface area contributed by atoms with E-state index in [2.05, 4.69) is 12.2 Å². The predicted molar refractivity (Wildman–Crippen MR) is 95.3 cm³/mol. The lowest BCUT2D eigenvalue weighted by Gasteiger charge is -2.59. The van der Waals surface area contributed by atoms with E-state index in [1.54, 1.807) is 0 Å². The maximum Gasteiger partial charge on any atom is 0.230 e. The van der Waals surface area contributed by atoms with Crippen molar-refractivity contribution in [3.63, 3.8) is 0 Å². The summed E-state index contributed by atoms with van der Waals surface area (Å²) in [5, 5.41) is 3.21. The van der Waals surface area contributed by atoms with Crippen LogP contribution in [-0.4, -0.2) is 17.7 Å². The summed E-state index contributed by atoms with van der Waals surface area (Å²) in [6.07, 6.45) is 7.97. The van der Waals surface area contributed by atoms with Crippen molar-refractivity contribution in [3.8, 4) is 0 Å². The van der Waals surface area contributed by atoms with E-state index in [1.165, 1.54) is 56.4 Å². The zero-order chi connectivity index (χ0) is 17.6. The molecule has 4 fully saturated rings. The molecule has 5 heteroatoms. The summed E-state index contributed by atoms with van der Waals surface area (Å²) >= 11 is 1.25. The first-order valence-corrected chi connectivity index (χ1v) is 10.3. The fraction of sp³-hybridized carbons (Fsp3) is 0.650. The summed E-state index contributed by atoms with van der Waals surface area (Å²) in [5.74, 6) is 1.09. The van der Waals surface area contributed by atoms with Gasteiger partial charge in [-0.2, -0.15) is 0 Å². The van der Waals surface area contributed by atoms with Crippen molar-refractivity contribution in [3.05, 3.63) is 29.8 Å². The van der Waals surface area contributed by atoms with Crippen LogP contribution in [0.2, 0.25) is 0 Å². The molecule has 0 aromatic heterocycles. The normalized spacial score (nSPS) is 34.1. The number of halogens is 2. The summed E-state index contributed by atoms with van der Waals surface area (Å²) in [6, 6.07) is 3.96. The Morgan fingerprint density at radius 3 is 2.32 bits per heavy atom. The van der Waals surface area contributed by atoms with Crippen molar-refractivity contribution >= 4 is 17.7 Å². The molecule has 4 saturated carbocycles.